The molecule has 0 saturated carbocycles. The maximum Gasteiger partial charge on any atom is 0.339 e. The van der Waals surface area contributed by atoms with Crippen LogP contribution in [-0.4, -0.2) is 23.3 Å². The zero-order valence-electron chi connectivity index (χ0n) is 14.6. The first-order valence-electron chi connectivity index (χ1n) is 8.53. The van der Waals surface area contributed by atoms with Crippen molar-refractivity contribution in [3.63, 3.8) is 0 Å². The molecule has 0 radical (unpaired) electrons. The third-order valence-corrected chi connectivity index (χ3v) is 4.51. The zero-order chi connectivity index (χ0) is 19.5. The van der Waals surface area contributed by atoms with E-state index in [2.05, 4.69) is 4.98 Å². The summed E-state index contributed by atoms with van der Waals surface area (Å²) < 4.78 is 11.0. The fourth-order valence-electron chi connectivity index (χ4n) is 2.81. The van der Waals surface area contributed by atoms with E-state index in [0.29, 0.717) is 33.1 Å². The predicted molar refractivity (Wildman–Crippen MR) is 106 cm³/mol. The van der Waals surface area contributed by atoms with Gasteiger partial charge in [0.15, 0.2) is 12.2 Å². The van der Waals surface area contributed by atoms with Gasteiger partial charge in [0.2, 0.25) is 11.7 Å². The Balaban J connectivity index is 1.57. The van der Waals surface area contributed by atoms with Gasteiger partial charge in [-0.1, -0.05) is 48.0 Å². The van der Waals surface area contributed by atoms with Crippen molar-refractivity contribution in [2.24, 2.45) is 0 Å². The number of Topliss-reactive ketones (excluding diaryl/α,β-unsaturated/α-hetero) is 1. The van der Waals surface area contributed by atoms with Crippen LogP contribution in [0.15, 0.2) is 77.2 Å². The van der Waals surface area contributed by atoms with Gasteiger partial charge < -0.3 is 9.15 Å². The molecule has 0 fully saturated rings. The third kappa shape index (κ3) is 3.52. The molecule has 0 atom stereocenters. The quantitative estimate of drug-likeness (QED) is 0.346. The van der Waals surface area contributed by atoms with Crippen molar-refractivity contribution in [2.75, 3.05) is 6.61 Å². The maximum absolute atomic E-state index is 12.6. The molecule has 6 heteroatoms. The summed E-state index contributed by atoms with van der Waals surface area (Å²) in [5.74, 6) is -0.706. The fourth-order valence-corrected chi connectivity index (χ4v) is 3.05. The summed E-state index contributed by atoms with van der Waals surface area (Å²) in [5.41, 5.74) is 2.38. The van der Waals surface area contributed by atoms with Crippen LogP contribution < -0.4 is 0 Å². The number of rotatable bonds is 5. The van der Waals surface area contributed by atoms with Crippen molar-refractivity contribution < 1.29 is 18.7 Å². The predicted octanol–water partition coefficient (Wildman–Crippen LogP) is 5.19. The molecule has 0 bridgehead atoms. The Morgan fingerprint density at radius 1 is 0.893 bits per heavy atom. The van der Waals surface area contributed by atoms with Crippen LogP contribution in [-0.2, 0) is 4.74 Å². The molecule has 0 saturated heterocycles. The molecule has 3 aromatic carbocycles. The molecular weight excluding hydrogens is 378 g/mol. The molecule has 0 aliphatic heterocycles. The molecule has 0 aliphatic rings. The van der Waals surface area contributed by atoms with E-state index in [4.69, 9.17) is 20.8 Å². The number of carbonyl (C=O) groups is 2. The average molecular weight is 392 g/mol. The number of ketones is 1. The van der Waals surface area contributed by atoms with Gasteiger partial charge in [-0.05, 0) is 36.4 Å². The van der Waals surface area contributed by atoms with Gasteiger partial charge >= 0.3 is 5.97 Å². The summed E-state index contributed by atoms with van der Waals surface area (Å²) in [4.78, 5) is 29.3. The highest BCUT2D eigenvalue weighted by Crippen LogP contribution is 2.27. The normalized spacial score (nSPS) is 10.8. The van der Waals surface area contributed by atoms with Gasteiger partial charge in [-0.2, -0.15) is 0 Å². The van der Waals surface area contributed by atoms with Crippen molar-refractivity contribution in [2.45, 2.75) is 0 Å². The number of nitrogens with zero attached hydrogens (tertiary/aromatic N) is 1. The van der Waals surface area contributed by atoms with Crippen LogP contribution in [0.2, 0.25) is 5.02 Å². The highest BCUT2D eigenvalue weighted by atomic mass is 35.5. The second-order valence-corrected chi connectivity index (χ2v) is 6.42. The van der Waals surface area contributed by atoms with E-state index in [0.717, 1.165) is 0 Å². The SMILES string of the molecule is O=C(COC(=O)c1ccccc1-c1nc2ccccc2o1)c1ccccc1Cl. The minimum Gasteiger partial charge on any atom is -0.454 e. The van der Waals surface area contributed by atoms with Gasteiger partial charge in [0, 0.05) is 5.56 Å². The Labute approximate surface area is 165 Å². The molecule has 0 N–H and O–H groups in total. The van der Waals surface area contributed by atoms with Crippen LogP contribution >= 0.6 is 11.6 Å². The van der Waals surface area contributed by atoms with Crippen molar-refractivity contribution in [3.05, 3.63) is 88.9 Å². The smallest absolute Gasteiger partial charge is 0.339 e. The van der Waals surface area contributed by atoms with Crippen LogP contribution in [0.4, 0.5) is 0 Å². The van der Waals surface area contributed by atoms with Crippen LogP contribution in [0.5, 0.6) is 0 Å². The number of aromatic nitrogens is 1. The van der Waals surface area contributed by atoms with Crippen LogP contribution in [0.25, 0.3) is 22.6 Å². The number of carbonyl (C=O) groups excluding carboxylic acids is 2. The molecule has 5 nitrogen and oxygen atoms in total. The molecule has 138 valence electrons. The molecular formula is C22H14ClNO4. The fraction of sp³-hybridized carbons (Fsp3) is 0.0455. The molecule has 4 aromatic rings. The Kier molecular flexibility index (Phi) is 4.91. The highest BCUT2D eigenvalue weighted by Gasteiger charge is 2.19. The number of ether oxygens (including phenoxy) is 1. The Bertz CT molecular complexity index is 1150. The zero-order valence-corrected chi connectivity index (χ0v) is 15.3. The number of oxazole rings is 1. The van der Waals surface area contributed by atoms with Gasteiger partial charge in [-0.15, -0.1) is 0 Å². The lowest BCUT2D eigenvalue weighted by Gasteiger charge is -2.08. The van der Waals surface area contributed by atoms with Crippen molar-refractivity contribution in [1.29, 1.82) is 0 Å². The second kappa shape index (κ2) is 7.66. The van der Waals surface area contributed by atoms with E-state index in [-0.39, 0.29) is 11.3 Å². The first-order chi connectivity index (χ1) is 13.6. The standard InChI is InChI=1S/C22H14ClNO4/c23-17-10-4-3-9-16(17)19(25)13-27-22(26)15-8-2-1-7-14(15)21-24-18-11-5-6-12-20(18)28-21/h1-12H,13H2. The van der Waals surface area contributed by atoms with Crippen LogP contribution in [0, 0.1) is 0 Å². The van der Waals surface area contributed by atoms with Crippen molar-refractivity contribution in [1.82, 2.24) is 4.98 Å². The van der Waals surface area contributed by atoms with E-state index < -0.39 is 12.6 Å². The number of hydrogen-bond donors (Lipinski definition) is 0. The maximum atomic E-state index is 12.6. The Morgan fingerprint density at radius 3 is 2.36 bits per heavy atom. The summed E-state index contributed by atoms with van der Waals surface area (Å²) in [6.07, 6.45) is 0. The molecule has 4 rings (SSSR count). The number of halogens is 1. The molecule has 0 spiro atoms. The summed E-state index contributed by atoms with van der Waals surface area (Å²) in [7, 11) is 0. The topological polar surface area (TPSA) is 69.4 Å². The number of benzene rings is 3. The van der Waals surface area contributed by atoms with Crippen LogP contribution in [0.1, 0.15) is 20.7 Å². The lowest BCUT2D eigenvalue weighted by molar-refractivity contribution is 0.0475. The average Bonchev–Trinajstić information content (AvgIpc) is 3.16. The van der Waals surface area contributed by atoms with Gasteiger partial charge in [0.25, 0.3) is 0 Å². The number of fused-ring (bicyclic) bond motifs is 1. The molecule has 28 heavy (non-hydrogen) atoms. The lowest BCUT2D eigenvalue weighted by Crippen LogP contribution is -2.15. The van der Waals surface area contributed by atoms with Crippen molar-refractivity contribution >= 4 is 34.5 Å². The lowest BCUT2D eigenvalue weighted by atomic mass is 10.1. The Hall–Kier alpha value is -3.44. The van der Waals surface area contributed by atoms with Gasteiger partial charge in [-0.3, -0.25) is 4.79 Å². The molecule has 0 amide bonds. The number of esters is 1. The first kappa shape index (κ1) is 17.9. The van der Waals surface area contributed by atoms with Gasteiger partial charge in [-0.25, -0.2) is 9.78 Å². The third-order valence-electron chi connectivity index (χ3n) is 4.18. The highest BCUT2D eigenvalue weighted by molar-refractivity contribution is 6.34. The summed E-state index contributed by atoms with van der Waals surface area (Å²) >= 11 is 6.01. The molecule has 1 aromatic heterocycles. The molecule has 0 aliphatic carbocycles. The Morgan fingerprint density at radius 2 is 1.57 bits per heavy atom. The van der Waals surface area contributed by atoms with E-state index >= 15 is 0 Å². The van der Waals surface area contributed by atoms with Gasteiger partial charge in [0.05, 0.1) is 16.1 Å². The minimum absolute atomic E-state index is 0.265. The summed E-state index contributed by atoms with van der Waals surface area (Å²) in [6, 6.07) is 20.8. The summed E-state index contributed by atoms with van der Waals surface area (Å²) in [6.45, 7) is -0.412. The van der Waals surface area contributed by atoms with E-state index in [9.17, 15) is 9.59 Å². The number of hydrogen-bond acceptors (Lipinski definition) is 5. The van der Waals surface area contributed by atoms with E-state index in [1.165, 1.54) is 0 Å². The minimum atomic E-state index is -0.641. The van der Waals surface area contributed by atoms with Crippen LogP contribution in [0.3, 0.4) is 0 Å². The van der Waals surface area contributed by atoms with Gasteiger partial charge in [0.1, 0.15) is 5.52 Å². The molecule has 1 heterocycles. The van der Waals surface area contributed by atoms with Crippen molar-refractivity contribution in [3.8, 4) is 11.5 Å². The summed E-state index contributed by atoms with van der Waals surface area (Å²) in [5, 5.41) is 0.315. The monoisotopic (exact) mass is 391 g/mol. The first-order valence-corrected chi connectivity index (χ1v) is 8.91. The molecule has 0 unspecified atom stereocenters. The van der Waals surface area contributed by atoms with E-state index in [1.807, 2.05) is 18.2 Å². The second-order valence-electron chi connectivity index (χ2n) is 6.01. The number of para-hydroxylation sites is 2. The van der Waals surface area contributed by atoms with E-state index in [1.54, 1.807) is 54.6 Å². The largest absolute Gasteiger partial charge is 0.454 e.